The number of methoxy groups -OCH3 is 2. The van der Waals surface area contributed by atoms with Crippen LogP contribution in [0.5, 0.6) is 0 Å². The highest BCUT2D eigenvalue weighted by atomic mass is 32.2. The molecule has 6 fully saturated rings. The molecule has 12 atom stereocenters. The second-order valence-electron chi connectivity index (χ2n) is 15.8. The number of hydrogen-bond donors (Lipinski definition) is 3. The molecule has 11 heteroatoms. The summed E-state index contributed by atoms with van der Waals surface area (Å²) >= 11 is 0. The van der Waals surface area contributed by atoms with Crippen LogP contribution in [0, 0.1) is 41.9 Å². The summed E-state index contributed by atoms with van der Waals surface area (Å²) in [6, 6.07) is 13.3. The lowest BCUT2D eigenvalue weighted by Crippen LogP contribution is -2.82. The molecule has 1 heterocycles. The van der Waals surface area contributed by atoms with E-state index >= 15 is 0 Å². The zero-order valence-corrected chi connectivity index (χ0v) is 29.6. The molecule has 8 rings (SSSR count). The van der Waals surface area contributed by atoms with Gasteiger partial charge in [0.25, 0.3) is 0 Å². The van der Waals surface area contributed by atoms with Gasteiger partial charge in [-0.1, -0.05) is 42.8 Å². The van der Waals surface area contributed by atoms with Crippen molar-refractivity contribution in [1.82, 2.24) is 4.90 Å². The number of aryl methyl sites for hydroxylation is 1. The lowest BCUT2D eigenvalue weighted by molar-refractivity contribution is -0.333. The number of sulfone groups is 1. The lowest BCUT2D eigenvalue weighted by atomic mass is 9.42. The van der Waals surface area contributed by atoms with Crippen molar-refractivity contribution in [2.24, 2.45) is 35.0 Å². The number of aliphatic hydroxyl groups is 3. The van der Waals surface area contributed by atoms with E-state index < -0.39 is 50.0 Å². The summed E-state index contributed by atoms with van der Waals surface area (Å²) in [5.41, 5.74) is -3.10. The Balaban J connectivity index is 1.21. The molecule has 3 N–H and O–H groups in total. The summed E-state index contributed by atoms with van der Waals surface area (Å²) in [5, 5.41) is 36.9. The summed E-state index contributed by atoms with van der Waals surface area (Å²) < 4.78 is 45.8. The first kappa shape index (κ1) is 33.7. The molecule has 49 heavy (non-hydrogen) atoms. The normalized spacial score (nSPS) is 43.4. The monoisotopic (exact) mass is 695 g/mol. The van der Waals surface area contributed by atoms with Gasteiger partial charge in [0.1, 0.15) is 16.8 Å². The number of likely N-dealkylation sites (N-methyl/N-ethyl adjacent to an activating group) is 1. The number of nitrogens with zero attached hydrogens (tertiary/aromatic N) is 1. The van der Waals surface area contributed by atoms with Crippen molar-refractivity contribution in [1.29, 1.82) is 0 Å². The molecule has 2 aromatic carbocycles. The van der Waals surface area contributed by atoms with Gasteiger partial charge in [0.15, 0.2) is 9.84 Å². The third kappa shape index (κ3) is 4.21. The van der Waals surface area contributed by atoms with Crippen molar-refractivity contribution in [2.45, 2.75) is 91.7 Å². The van der Waals surface area contributed by atoms with Crippen LogP contribution < -0.4 is 0 Å². The van der Waals surface area contributed by atoms with Gasteiger partial charge in [-0.25, -0.2) is 13.2 Å². The molecule has 10 nitrogen and oxygen atoms in total. The Morgan fingerprint density at radius 2 is 1.76 bits per heavy atom. The van der Waals surface area contributed by atoms with E-state index in [-0.39, 0.29) is 58.6 Å². The number of piperidine rings is 1. The summed E-state index contributed by atoms with van der Waals surface area (Å²) in [5.74, 6) is -2.20. The minimum Gasteiger partial charge on any atom is -0.454 e. The summed E-state index contributed by atoms with van der Waals surface area (Å²) in [6.45, 7) is 5.02. The molecule has 1 saturated heterocycles. The number of benzene rings is 2. The van der Waals surface area contributed by atoms with Crippen molar-refractivity contribution in [3.63, 3.8) is 0 Å². The van der Waals surface area contributed by atoms with Gasteiger partial charge in [0.05, 0.1) is 28.4 Å². The van der Waals surface area contributed by atoms with Gasteiger partial charge in [-0.2, -0.15) is 0 Å². The third-order valence-electron chi connectivity index (χ3n) is 14.3. The number of carbonyl (C=O) groups is 1. The minimum absolute atomic E-state index is 0.0674. The van der Waals surface area contributed by atoms with Crippen LogP contribution in [0.15, 0.2) is 53.4 Å². The zero-order chi connectivity index (χ0) is 34.7. The maximum atomic E-state index is 14.4. The second kappa shape index (κ2) is 11.3. The number of esters is 1. The molecule has 0 amide bonds. The van der Waals surface area contributed by atoms with Crippen LogP contribution in [0.2, 0.25) is 0 Å². The predicted molar refractivity (Wildman–Crippen MR) is 179 cm³/mol. The van der Waals surface area contributed by atoms with Crippen LogP contribution in [0.1, 0.15) is 60.5 Å². The van der Waals surface area contributed by atoms with E-state index in [0.29, 0.717) is 50.8 Å². The molecule has 6 aliphatic rings. The number of carbonyl (C=O) groups excluding carboxylic acids is 1. The highest BCUT2D eigenvalue weighted by Gasteiger charge is 2.88. The average Bonchev–Trinajstić information content (AvgIpc) is 3.51. The van der Waals surface area contributed by atoms with Crippen molar-refractivity contribution < 1.29 is 42.7 Å². The van der Waals surface area contributed by atoms with E-state index in [0.717, 1.165) is 5.56 Å². The van der Waals surface area contributed by atoms with E-state index in [9.17, 15) is 28.5 Å². The van der Waals surface area contributed by atoms with Crippen LogP contribution in [0.4, 0.5) is 0 Å². The maximum absolute atomic E-state index is 14.4. The maximum Gasteiger partial charge on any atom is 0.339 e. The molecule has 266 valence electrons. The highest BCUT2D eigenvalue weighted by Crippen LogP contribution is 2.80. The third-order valence-corrected chi connectivity index (χ3v) is 16.0. The SMILES string of the molecule is CCN1C[C@]2(OC(=O)c3ccccc3CS(=O)(=O)c3ccc(C)cc3)CC[C@H](CO)[C@]34C1[C@H](CC23)[C@@]1(O)C[C@H](OC)[C@H]2CC4[C@]1(O)[C@H]2OC. The van der Waals surface area contributed by atoms with Gasteiger partial charge in [-0.05, 0) is 68.8 Å². The fourth-order valence-electron chi connectivity index (χ4n) is 12.7. The number of aliphatic hydroxyl groups excluding tert-OH is 1. The van der Waals surface area contributed by atoms with Crippen molar-refractivity contribution >= 4 is 15.8 Å². The molecule has 0 aromatic heterocycles. The molecular weight excluding hydrogens is 646 g/mol. The molecule has 0 radical (unpaired) electrons. The van der Waals surface area contributed by atoms with E-state index in [2.05, 4.69) is 11.8 Å². The Bertz CT molecular complexity index is 1750. The standard InChI is InChI=1S/C38H49NO9S/c1-5-39-21-35(48-34(41)26-9-7-6-8-23(26)20-49(44,45)25-12-10-22(2)11-13-25)15-14-24(19-40)37-30(35)17-28(32(37)39)36(42)18-29(46-3)27-16-31(37)38(36,43)33(27)47-4/h6-13,24,27-33,40,42-43H,5,14-21H2,1-4H3/t24-,27-,28+,29+,30?,31?,32?,33+,35-,36+,37+,38+/m1/s1. The largest absolute Gasteiger partial charge is 0.454 e. The number of rotatable bonds is 9. The van der Waals surface area contributed by atoms with Crippen molar-refractivity contribution in [3.05, 3.63) is 65.2 Å². The van der Waals surface area contributed by atoms with Crippen LogP contribution in [0.3, 0.4) is 0 Å². The minimum atomic E-state index is -3.75. The Morgan fingerprint density at radius 3 is 2.43 bits per heavy atom. The van der Waals surface area contributed by atoms with Crippen LogP contribution >= 0.6 is 0 Å². The van der Waals surface area contributed by atoms with E-state index in [4.69, 9.17) is 14.2 Å². The van der Waals surface area contributed by atoms with Crippen molar-refractivity contribution in [3.8, 4) is 0 Å². The van der Waals surface area contributed by atoms with Gasteiger partial charge in [0.2, 0.25) is 0 Å². The molecule has 1 aliphatic heterocycles. The van der Waals surface area contributed by atoms with Gasteiger partial charge in [0, 0.05) is 68.9 Å². The van der Waals surface area contributed by atoms with Crippen LogP contribution in [0.25, 0.3) is 0 Å². The second-order valence-corrected chi connectivity index (χ2v) is 17.8. The predicted octanol–water partition coefficient (Wildman–Crippen LogP) is 3.14. The number of fused-ring (bicyclic) bond motifs is 2. The number of likely N-dealkylation sites (tertiary alicyclic amines) is 1. The van der Waals surface area contributed by atoms with E-state index in [1.54, 1.807) is 62.8 Å². The Kier molecular flexibility index (Phi) is 7.79. The topological polar surface area (TPSA) is 143 Å². The van der Waals surface area contributed by atoms with Crippen LogP contribution in [-0.2, 0) is 29.8 Å². The molecule has 5 saturated carbocycles. The zero-order valence-electron chi connectivity index (χ0n) is 28.7. The first-order valence-electron chi connectivity index (χ1n) is 17.8. The highest BCUT2D eigenvalue weighted by molar-refractivity contribution is 7.90. The quantitative estimate of drug-likeness (QED) is 0.335. The van der Waals surface area contributed by atoms with E-state index in [1.165, 1.54) is 0 Å². The number of hydrogen-bond acceptors (Lipinski definition) is 10. The first-order chi connectivity index (χ1) is 23.4. The molecule has 3 unspecified atom stereocenters. The van der Waals surface area contributed by atoms with Gasteiger partial charge >= 0.3 is 5.97 Å². The Labute approximate surface area is 288 Å². The number of ether oxygens (including phenoxy) is 3. The molecule has 5 aliphatic carbocycles. The van der Waals surface area contributed by atoms with Gasteiger partial charge in [-0.15, -0.1) is 0 Å². The van der Waals surface area contributed by atoms with Crippen molar-refractivity contribution in [2.75, 3.05) is 33.9 Å². The van der Waals surface area contributed by atoms with Gasteiger partial charge < -0.3 is 29.5 Å². The lowest BCUT2D eigenvalue weighted by Gasteiger charge is -2.71. The summed E-state index contributed by atoms with van der Waals surface area (Å²) in [4.78, 5) is 17.0. The van der Waals surface area contributed by atoms with Gasteiger partial charge in [-0.3, -0.25) is 4.90 Å². The average molecular weight is 696 g/mol. The fourth-order valence-corrected chi connectivity index (χ4v) is 14.0. The van der Waals surface area contributed by atoms with E-state index in [1.807, 2.05) is 6.92 Å². The smallest absolute Gasteiger partial charge is 0.339 e. The molecule has 7 bridgehead atoms. The first-order valence-corrected chi connectivity index (χ1v) is 19.5. The molecular formula is C38H49NO9S. The van der Waals surface area contributed by atoms with Crippen LogP contribution in [-0.4, -0.2) is 104 Å². The molecule has 1 spiro atoms. The summed E-state index contributed by atoms with van der Waals surface area (Å²) in [7, 11) is -0.494. The summed E-state index contributed by atoms with van der Waals surface area (Å²) in [6.07, 6.45) is 1.62. The Morgan fingerprint density at radius 1 is 1.02 bits per heavy atom. The molecule has 2 aromatic rings. The Hall–Kier alpha value is -2.38. The fraction of sp³-hybridized carbons (Fsp3) is 0.658.